The first-order valence-corrected chi connectivity index (χ1v) is 3.82. The molecule has 1 heterocycles. The molecule has 1 aromatic heterocycles. The Kier molecular flexibility index (Phi) is 3.13. The first-order chi connectivity index (χ1) is 6.73. The summed E-state index contributed by atoms with van der Waals surface area (Å²) in [5, 5.41) is -0.838. The lowest BCUT2D eigenvalue weighted by Crippen LogP contribution is -2.13. The summed E-state index contributed by atoms with van der Waals surface area (Å²) in [6.07, 6.45) is -8.42. The van der Waals surface area contributed by atoms with E-state index in [0.717, 1.165) is 0 Å². The molecule has 0 aromatic carbocycles. The van der Waals surface area contributed by atoms with Crippen LogP contribution in [0.5, 0.6) is 0 Å². The molecule has 0 spiro atoms. The number of hydrogen-bond acceptors (Lipinski definition) is 1. The Balaban J connectivity index is 3.37. The van der Waals surface area contributed by atoms with Crippen LogP contribution in [0.15, 0.2) is 6.07 Å². The number of halogens is 7. The summed E-state index contributed by atoms with van der Waals surface area (Å²) in [4.78, 5) is 2.46. The lowest BCUT2D eigenvalue weighted by Gasteiger charge is -2.09. The van der Waals surface area contributed by atoms with E-state index in [2.05, 4.69) is 4.98 Å². The molecular weight excluding hydrogens is 248 g/mol. The second kappa shape index (κ2) is 3.88. The van der Waals surface area contributed by atoms with Gasteiger partial charge in [0, 0.05) is 0 Å². The van der Waals surface area contributed by atoms with Gasteiger partial charge in [0.15, 0.2) is 11.5 Å². The average Bonchev–Trinajstić information content (AvgIpc) is 2.00. The van der Waals surface area contributed by atoms with Gasteiger partial charge in [-0.15, -0.1) is 0 Å². The third-order valence-corrected chi connectivity index (χ3v) is 1.73. The second-order valence-corrected chi connectivity index (χ2v) is 2.89. The minimum Gasteiger partial charge on any atom is -0.238 e. The van der Waals surface area contributed by atoms with Crippen molar-refractivity contribution in [2.75, 3.05) is 0 Å². The fourth-order valence-corrected chi connectivity index (χ4v) is 1.05. The van der Waals surface area contributed by atoms with Crippen LogP contribution in [0.1, 0.15) is 17.8 Å². The van der Waals surface area contributed by atoms with E-state index in [0.29, 0.717) is 0 Å². The Morgan fingerprint density at radius 2 is 1.80 bits per heavy atom. The van der Waals surface area contributed by atoms with Crippen molar-refractivity contribution in [3.8, 4) is 0 Å². The van der Waals surface area contributed by atoms with Crippen LogP contribution in [-0.2, 0) is 6.18 Å². The highest BCUT2D eigenvalue weighted by Gasteiger charge is 2.37. The molecule has 0 N–H and O–H groups in total. The van der Waals surface area contributed by atoms with Gasteiger partial charge >= 0.3 is 6.18 Å². The number of rotatable bonds is 1. The first kappa shape index (κ1) is 12.1. The monoisotopic (exact) mass is 249 g/mol. The van der Waals surface area contributed by atoms with E-state index in [1.807, 2.05) is 0 Å². The molecule has 8 heteroatoms. The van der Waals surface area contributed by atoms with Crippen molar-refractivity contribution in [3.05, 3.63) is 28.3 Å². The predicted octanol–water partition coefficient (Wildman–Crippen LogP) is 3.83. The number of nitrogens with zero attached hydrogens (tertiary/aromatic N) is 1. The van der Waals surface area contributed by atoms with Crippen LogP contribution in [0.25, 0.3) is 0 Å². The third-order valence-electron chi connectivity index (χ3n) is 1.43. The van der Waals surface area contributed by atoms with Crippen LogP contribution in [0.3, 0.4) is 0 Å². The van der Waals surface area contributed by atoms with Crippen LogP contribution >= 0.6 is 11.6 Å². The summed E-state index contributed by atoms with van der Waals surface area (Å²) < 4.78 is 73.0. The fraction of sp³-hybridized carbons (Fsp3) is 0.286. The quantitative estimate of drug-likeness (QED) is 0.689. The molecule has 0 radical (unpaired) electrons. The van der Waals surface area contributed by atoms with Crippen LogP contribution in [0.4, 0.5) is 26.3 Å². The van der Waals surface area contributed by atoms with Gasteiger partial charge in [0.05, 0.1) is 5.02 Å². The van der Waals surface area contributed by atoms with E-state index in [9.17, 15) is 26.3 Å². The largest absolute Gasteiger partial charge is 0.436 e. The highest BCUT2D eigenvalue weighted by molar-refractivity contribution is 6.31. The molecule has 0 atom stereocenters. The summed E-state index contributed by atoms with van der Waals surface area (Å²) in [6, 6.07) is 0.166. The smallest absolute Gasteiger partial charge is 0.238 e. The van der Waals surface area contributed by atoms with Crippen molar-refractivity contribution < 1.29 is 26.3 Å². The Bertz CT molecular complexity index is 374. The highest BCUT2D eigenvalue weighted by atomic mass is 35.5. The topological polar surface area (TPSA) is 12.9 Å². The van der Waals surface area contributed by atoms with Gasteiger partial charge in [-0.2, -0.15) is 13.2 Å². The Labute approximate surface area is 84.7 Å². The van der Waals surface area contributed by atoms with Gasteiger partial charge in [-0.1, -0.05) is 11.6 Å². The summed E-state index contributed by atoms with van der Waals surface area (Å²) in [7, 11) is 0. The van der Waals surface area contributed by atoms with Gasteiger partial charge in [0.2, 0.25) is 0 Å². The van der Waals surface area contributed by atoms with Gasteiger partial charge in [-0.25, -0.2) is 18.2 Å². The van der Waals surface area contributed by atoms with E-state index in [4.69, 9.17) is 11.6 Å². The predicted molar refractivity (Wildman–Crippen MR) is 39.2 cm³/mol. The molecule has 0 saturated carbocycles. The molecule has 0 aliphatic carbocycles. The van der Waals surface area contributed by atoms with Crippen LogP contribution in [0.2, 0.25) is 5.02 Å². The van der Waals surface area contributed by atoms with Crippen LogP contribution in [0, 0.1) is 5.82 Å². The third kappa shape index (κ3) is 2.53. The second-order valence-electron chi connectivity index (χ2n) is 2.48. The minimum atomic E-state index is -5.13. The Morgan fingerprint density at radius 3 is 2.20 bits per heavy atom. The number of aromatic nitrogens is 1. The molecule has 0 unspecified atom stereocenters. The van der Waals surface area contributed by atoms with E-state index in [1.165, 1.54) is 0 Å². The SMILES string of the molecule is Fc1cc(Cl)c(C(F)F)nc1C(F)(F)F. The molecule has 0 bridgehead atoms. The molecular formula is C7H2ClF6N. The molecule has 0 aliphatic rings. The summed E-state index contributed by atoms with van der Waals surface area (Å²) in [6.45, 7) is 0. The Morgan fingerprint density at radius 1 is 1.27 bits per heavy atom. The summed E-state index contributed by atoms with van der Waals surface area (Å²) >= 11 is 5.10. The maximum atomic E-state index is 12.7. The first-order valence-electron chi connectivity index (χ1n) is 3.44. The summed E-state index contributed by atoms with van der Waals surface area (Å²) in [5.74, 6) is -1.78. The van der Waals surface area contributed by atoms with Crippen molar-refractivity contribution in [3.63, 3.8) is 0 Å². The fourth-order valence-electron chi connectivity index (χ4n) is 0.833. The molecule has 1 aromatic rings. The van der Waals surface area contributed by atoms with Crippen molar-refractivity contribution in [2.45, 2.75) is 12.6 Å². The van der Waals surface area contributed by atoms with Crippen molar-refractivity contribution >= 4 is 11.6 Å². The van der Waals surface area contributed by atoms with Gasteiger partial charge < -0.3 is 0 Å². The van der Waals surface area contributed by atoms with E-state index < -0.39 is 34.8 Å². The molecule has 1 rings (SSSR count). The molecule has 84 valence electrons. The normalized spacial score (nSPS) is 12.3. The Hall–Kier alpha value is -0.980. The maximum absolute atomic E-state index is 12.7. The molecule has 1 nitrogen and oxygen atoms in total. The highest BCUT2D eigenvalue weighted by Crippen LogP contribution is 2.34. The molecule has 0 fully saturated rings. The van der Waals surface area contributed by atoms with E-state index in [1.54, 1.807) is 0 Å². The van der Waals surface area contributed by atoms with Gasteiger partial charge in [-0.3, -0.25) is 0 Å². The zero-order valence-electron chi connectivity index (χ0n) is 6.75. The lowest BCUT2D eigenvalue weighted by atomic mass is 10.3. The number of alkyl halides is 5. The molecule has 0 amide bonds. The van der Waals surface area contributed by atoms with Gasteiger partial charge in [0.25, 0.3) is 6.43 Å². The number of pyridine rings is 1. The molecule has 0 aliphatic heterocycles. The van der Waals surface area contributed by atoms with Crippen molar-refractivity contribution in [1.29, 1.82) is 0 Å². The molecule has 15 heavy (non-hydrogen) atoms. The molecule has 0 saturated heterocycles. The van der Waals surface area contributed by atoms with Gasteiger partial charge in [-0.05, 0) is 6.07 Å². The maximum Gasteiger partial charge on any atom is 0.436 e. The zero-order valence-corrected chi connectivity index (χ0v) is 7.50. The standard InChI is InChI=1S/C7H2ClF6N/c8-2-1-3(9)5(7(12,13)14)15-4(2)6(10)11/h1,6H. The van der Waals surface area contributed by atoms with Crippen LogP contribution in [-0.4, -0.2) is 4.98 Å². The van der Waals surface area contributed by atoms with Crippen LogP contribution < -0.4 is 0 Å². The average molecular weight is 250 g/mol. The van der Waals surface area contributed by atoms with Crippen molar-refractivity contribution in [2.24, 2.45) is 0 Å². The van der Waals surface area contributed by atoms with Gasteiger partial charge in [0.1, 0.15) is 5.69 Å². The van der Waals surface area contributed by atoms with Crippen molar-refractivity contribution in [1.82, 2.24) is 4.98 Å². The minimum absolute atomic E-state index is 0.166. The summed E-state index contributed by atoms with van der Waals surface area (Å²) in [5.41, 5.74) is -3.28. The lowest BCUT2D eigenvalue weighted by molar-refractivity contribution is -0.144. The zero-order chi connectivity index (χ0) is 11.8. The van der Waals surface area contributed by atoms with E-state index in [-0.39, 0.29) is 6.07 Å². The number of hydrogen-bond donors (Lipinski definition) is 0. The van der Waals surface area contributed by atoms with E-state index >= 15 is 0 Å².